The molecule has 2 aromatic carbocycles. The van der Waals surface area contributed by atoms with Crippen LogP contribution in [0.1, 0.15) is 37.7 Å². The van der Waals surface area contributed by atoms with Gasteiger partial charge in [-0.2, -0.15) is 0 Å². The van der Waals surface area contributed by atoms with Crippen LogP contribution >= 0.6 is 0 Å². The van der Waals surface area contributed by atoms with Crippen LogP contribution in [0.3, 0.4) is 0 Å². The minimum atomic E-state index is 0.325. The number of rotatable bonds is 3. The van der Waals surface area contributed by atoms with Crippen LogP contribution in [0.25, 0.3) is 10.8 Å². The molecule has 1 unspecified atom stereocenters. The van der Waals surface area contributed by atoms with Gasteiger partial charge in [-0.05, 0) is 41.5 Å². The molecule has 1 aliphatic rings. The summed E-state index contributed by atoms with van der Waals surface area (Å²) in [6.45, 7) is 0. The quantitative estimate of drug-likeness (QED) is 0.867. The van der Waals surface area contributed by atoms with Crippen molar-refractivity contribution in [2.45, 2.75) is 44.6 Å². The topological polar surface area (TPSA) is 26.0 Å². The summed E-state index contributed by atoms with van der Waals surface area (Å²) in [5.41, 5.74) is 7.88. The summed E-state index contributed by atoms with van der Waals surface area (Å²) < 4.78 is 0. The van der Waals surface area contributed by atoms with Crippen molar-refractivity contribution in [1.29, 1.82) is 0 Å². The molecule has 2 aromatic rings. The molecule has 1 atom stereocenters. The van der Waals surface area contributed by atoms with Gasteiger partial charge in [0.05, 0.1) is 0 Å². The van der Waals surface area contributed by atoms with Crippen LogP contribution in [-0.2, 0) is 6.42 Å². The van der Waals surface area contributed by atoms with E-state index in [4.69, 9.17) is 5.73 Å². The maximum Gasteiger partial charge on any atom is 0.0108 e. The normalized spacial score (nSPS) is 18.6. The Hall–Kier alpha value is -1.34. The molecule has 0 spiro atoms. The maximum atomic E-state index is 6.47. The standard InChI is InChI=1S/C18H23N/c19-18(15-8-2-1-3-9-15)13-16-11-6-10-14-7-4-5-12-17(14)16/h4-7,10-12,15,18H,1-3,8-9,13,19H2. The maximum absolute atomic E-state index is 6.47. The lowest BCUT2D eigenvalue weighted by Gasteiger charge is -2.27. The van der Waals surface area contributed by atoms with E-state index in [9.17, 15) is 0 Å². The van der Waals surface area contributed by atoms with E-state index in [1.807, 2.05) is 0 Å². The molecule has 0 radical (unpaired) electrons. The molecular formula is C18H23N. The fourth-order valence-corrected chi connectivity index (χ4v) is 3.45. The van der Waals surface area contributed by atoms with Crippen molar-refractivity contribution < 1.29 is 0 Å². The van der Waals surface area contributed by atoms with E-state index >= 15 is 0 Å². The number of benzene rings is 2. The second kappa shape index (κ2) is 5.75. The molecule has 3 rings (SSSR count). The average molecular weight is 253 g/mol. The average Bonchev–Trinajstić information content (AvgIpc) is 2.48. The minimum Gasteiger partial charge on any atom is -0.327 e. The van der Waals surface area contributed by atoms with Gasteiger partial charge in [0.15, 0.2) is 0 Å². The second-order valence-corrected chi connectivity index (χ2v) is 5.90. The Morgan fingerprint density at radius 3 is 2.53 bits per heavy atom. The molecule has 0 saturated heterocycles. The summed E-state index contributed by atoms with van der Waals surface area (Å²) in [7, 11) is 0. The Morgan fingerprint density at radius 1 is 0.947 bits per heavy atom. The zero-order valence-electron chi connectivity index (χ0n) is 11.5. The fourth-order valence-electron chi connectivity index (χ4n) is 3.45. The van der Waals surface area contributed by atoms with E-state index < -0.39 is 0 Å². The molecule has 0 aromatic heterocycles. The van der Waals surface area contributed by atoms with E-state index in [0.29, 0.717) is 6.04 Å². The second-order valence-electron chi connectivity index (χ2n) is 5.90. The highest BCUT2D eigenvalue weighted by atomic mass is 14.6. The van der Waals surface area contributed by atoms with Crippen molar-refractivity contribution in [3.8, 4) is 0 Å². The lowest BCUT2D eigenvalue weighted by molar-refractivity contribution is 0.303. The summed E-state index contributed by atoms with van der Waals surface area (Å²) in [5, 5.41) is 2.70. The highest BCUT2D eigenvalue weighted by Gasteiger charge is 2.21. The zero-order chi connectivity index (χ0) is 13.1. The molecule has 0 bridgehead atoms. The molecule has 0 amide bonds. The molecule has 1 nitrogen and oxygen atoms in total. The van der Waals surface area contributed by atoms with Gasteiger partial charge < -0.3 is 5.73 Å². The third kappa shape index (κ3) is 2.82. The summed E-state index contributed by atoms with van der Waals surface area (Å²) in [5.74, 6) is 0.729. The van der Waals surface area contributed by atoms with Gasteiger partial charge in [-0.3, -0.25) is 0 Å². The molecule has 1 aliphatic carbocycles. The molecule has 100 valence electrons. The monoisotopic (exact) mass is 253 g/mol. The summed E-state index contributed by atoms with van der Waals surface area (Å²) >= 11 is 0. The van der Waals surface area contributed by atoms with E-state index in [2.05, 4.69) is 42.5 Å². The summed E-state index contributed by atoms with van der Waals surface area (Å²) in [6.07, 6.45) is 7.81. The largest absolute Gasteiger partial charge is 0.327 e. The molecule has 2 N–H and O–H groups in total. The van der Waals surface area contributed by atoms with Crippen LogP contribution in [-0.4, -0.2) is 6.04 Å². The van der Waals surface area contributed by atoms with Gasteiger partial charge in [-0.25, -0.2) is 0 Å². The molecule has 1 saturated carbocycles. The van der Waals surface area contributed by atoms with Crippen molar-refractivity contribution in [2.24, 2.45) is 11.7 Å². The highest BCUT2D eigenvalue weighted by molar-refractivity contribution is 5.85. The molecule has 1 fully saturated rings. The lowest BCUT2D eigenvalue weighted by Crippen LogP contribution is -2.33. The van der Waals surface area contributed by atoms with Crippen molar-refractivity contribution in [3.63, 3.8) is 0 Å². The smallest absolute Gasteiger partial charge is 0.0108 e. The van der Waals surface area contributed by atoms with Crippen LogP contribution in [0.15, 0.2) is 42.5 Å². The van der Waals surface area contributed by atoms with E-state index in [-0.39, 0.29) is 0 Å². The van der Waals surface area contributed by atoms with E-state index in [1.165, 1.54) is 48.4 Å². The summed E-state index contributed by atoms with van der Waals surface area (Å²) in [4.78, 5) is 0. The van der Waals surface area contributed by atoms with Crippen LogP contribution < -0.4 is 5.73 Å². The van der Waals surface area contributed by atoms with Gasteiger partial charge in [-0.1, -0.05) is 61.7 Å². The van der Waals surface area contributed by atoms with Crippen molar-refractivity contribution >= 4 is 10.8 Å². The Bertz CT molecular complexity index is 535. The predicted molar refractivity (Wildman–Crippen MR) is 82.2 cm³/mol. The Labute approximate surface area is 115 Å². The lowest BCUT2D eigenvalue weighted by atomic mass is 9.81. The first-order chi connectivity index (χ1) is 9.34. The first kappa shape index (κ1) is 12.7. The first-order valence-corrected chi connectivity index (χ1v) is 7.57. The van der Waals surface area contributed by atoms with Gasteiger partial charge >= 0.3 is 0 Å². The van der Waals surface area contributed by atoms with E-state index in [1.54, 1.807) is 0 Å². The number of nitrogens with two attached hydrogens (primary N) is 1. The third-order valence-electron chi connectivity index (χ3n) is 4.59. The minimum absolute atomic E-state index is 0.325. The van der Waals surface area contributed by atoms with Gasteiger partial charge in [0.2, 0.25) is 0 Å². The van der Waals surface area contributed by atoms with Crippen molar-refractivity contribution in [2.75, 3.05) is 0 Å². The fraction of sp³-hybridized carbons (Fsp3) is 0.444. The van der Waals surface area contributed by atoms with Crippen LogP contribution in [0, 0.1) is 5.92 Å². The number of hydrogen-bond donors (Lipinski definition) is 1. The van der Waals surface area contributed by atoms with Gasteiger partial charge in [-0.15, -0.1) is 0 Å². The Balaban J connectivity index is 1.80. The first-order valence-electron chi connectivity index (χ1n) is 7.57. The molecule has 0 aliphatic heterocycles. The predicted octanol–water partition coefficient (Wildman–Crippen LogP) is 4.29. The van der Waals surface area contributed by atoms with Crippen LogP contribution in [0.4, 0.5) is 0 Å². The molecular weight excluding hydrogens is 230 g/mol. The number of fused-ring (bicyclic) bond motifs is 1. The van der Waals surface area contributed by atoms with Crippen molar-refractivity contribution in [1.82, 2.24) is 0 Å². The molecule has 19 heavy (non-hydrogen) atoms. The van der Waals surface area contributed by atoms with E-state index in [0.717, 1.165) is 12.3 Å². The summed E-state index contributed by atoms with van der Waals surface area (Å²) in [6, 6.07) is 15.5. The van der Waals surface area contributed by atoms with Gasteiger partial charge in [0, 0.05) is 6.04 Å². The Morgan fingerprint density at radius 2 is 1.68 bits per heavy atom. The molecule has 1 heteroatoms. The number of hydrogen-bond acceptors (Lipinski definition) is 1. The van der Waals surface area contributed by atoms with Gasteiger partial charge in [0.1, 0.15) is 0 Å². The SMILES string of the molecule is NC(Cc1cccc2ccccc12)C1CCCCC1. The Kier molecular flexibility index (Phi) is 3.84. The highest BCUT2D eigenvalue weighted by Crippen LogP contribution is 2.28. The van der Waals surface area contributed by atoms with Crippen molar-refractivity contribution in [3.05, 3.63) is 48.0 Å². The van der Waals surface area contributed by atoms with Crippen LogP contribution in [0.2, 0.25) is 0 Å². The third-order valence-corrected chi connectivity index (χ3v) is 4.59. The van der Waals surface area contributed by atoms with Crippen LogP contribution in [0.5, 0.6) is 0 Å². The van der Waals surface area contributed by atoms with Gasteiger partial charge in [0.25, 0.3) is 0 Å². The molecule has 0 heterocycles. The zero-order valence-corrected chi connectivity index (χ0v) is 11.5.